The van der Waals surface area contributed by atoms with Gasteiger partial charge in [-0.05, 0) is 42.8 Å². The minimum Gasteiger partial charge on any atom is -0.497 e. The lowest BCUT2D eigenvalue weighted by Crippen LogP contribution is -2.11. The molecule has 0 saturated heterocycles. The van der Waals surface area contributed by atoms with Crippen molar-refractivity contribution in [2.75, 3.05) is 19.5 Å². The summed E-state index contributed by atoms with van der Waals surface area (Å²) < 4.78 is 28.8. The van der Waals surface area contributed by atoms with Gasteiger partial charge in [0.2, 0.25) is 17.6 Å². The van der Waals surface area contributed by atoms with E-state index in [2.05, 4.69) is 15.5 Å². The lowest BCUT2D eigenvalue weighted by molar-refractivity contribution is -0.116. The number of aryl methyl sites for hydroxylation is 1. The zero-order chi connectivity index (χ0) is 19.9. The molecule has 1 heterocycles. The summed E-state index contributed by atoms with van der Waals surface area (Å²) in [5, 5.41) is 6.60. The standard InChI is InChI=1S/C20H20FN3O4/c1-26-15-9-6-13(7-10-15)20-23-19(28-24-20)5-3-4-18(25)22-14-8-11-17(27-2)16(21)12-14/h6-12H,3-5H2,1-2H3,(H,22,25). The average Bonchev–Trinajstić information content (AvgIpc) is 3.17. The number of anilines is 1. The van der Waals surface area contributed by atoms with Gasteiger partial charge in [0.05, 0.1) is 14.2 Å². The molecule has 0 radical (unpaired) electrons. The van der Waals surface area contributed by atoms with Gasteiger partial charge in [0, 0.05) is 30.2 Å². The number of methoxy groups -OCH3 is 2. The third-order valence-corrected chi connectivity index (χ3v) is 4.05. The number of carbonyl (C=O) groups excluding carboxylic acids is 1. The Labute approximate surface area is 161 Å². The summed E-state index contributed by atoms with van der Waals surface area (Å²) in [5.74, 6) is 1.05. The lowest BCUT2D eigenvalue weighted by Gasteiger charge is -2.07. The molecule has 1 amide bonds. The fourth-order valence-electron chi connectivity index (χ4n) is 2.58. The molecule has 2 aromatic carbocycles. The van der Waals surface area contributed by atoms with Crippen molar-refractivity contribution in [3.63, 3.8) is 0 Å². The number of rotatable bonds is 8. The van der Waals surface area contributed by atoms with Crippen LogP contribution in [0, 0.1) is 5.82 Å². The first-order valence-electron chi connectivity index (χ1n) is 8.69. The van der Waals surface area contributed by atoms with E-state index in [0.29, 0.717) is 30.2 Å². The van der Waals surface area contributed by atoms with Crippen LogP contribution in [0.5, 0.6) is 11.5 Å². The Morgan fingerprint density at radius 3 is 2.61 bits per heavy atom. The van der Waals surface area contributed by atoms with Crippen molar-refractivity contribution in [2.45, 2.75) is 19.3 Å². The summed E-state index contributed by atoms with van der Waals surface area (Å²) in [6.07, 6.45) is 1.23. The smallest absolute Gasteiger partial charge is 0.226 e. The molecular weight excluding hydrogens is 365 g/mol. The molecule has 0 aliphatic carbocycles. The van der Waals surface area contributed by atoms with E-state index in [-0.39, 0.29) is 18.1 Å². The molecule has 3 rings (SSSR count). The van der Waals surface area contributed by atoms with Crippen LogP contribution >= 0.6 is 0 Å². The van der Waals surface area contributed by atoms with Gasteiger partial charge in [0.15, 0.2) is 11.6 Å². The van der Waals surface area contributed by atoms with Gasteiger partial charge < -0.3 is 19.3 Å². The van der Waals surface area contributed by atoms with Gasteiger partial charge in [-0.1, -0.05) is 5.16 Å². The minimum atomic E-state index is -0.530. The molecule has 0 fully saturated rings. The fourth-order valence-corrected chi connectivity index (χ4v) is 2.58. The molecule has 1 N–H and O–H groups in total. The normalized spacial score (nSPS) is 10.5. The second kappa shape index (κ2) is 8.98. The highest BCUT2D eigenvalue weighted by Crippen LogP contribution is 2.22. The maximum Gasteiger partial charge on any atom is 0.226 e. The number of ether oxygens (including phenoxy) is 2. The maximum atomic E-state index is 13.6. The summed E-state index contributed by atoms with van der Waals surface area (Å²) in [7, 11) is 2.98. The van der Waals surface area contributed by atoms with Gasteiger partial charge in [0.1, 0.15) is 5.75 Å². The Morgan fingerprint density at radius 1 is 1.14 bits per heavy atom. The molecule has 0 spiro atoms. The van der Waals surface area contributed by atoms with Crippen molar-refractivity contribution >= 4 is 11.6 Å². The molecule has 7 nitrogen and oxygen atoms in total. The van der Waals surface area contributed by atoms with Gasteiger partial charge >= 0.3 is 0 Å². The van der Waals surface area contributed by atoms with Crippen LogP contribution in [0.2, 0.25) is 0 Å². The van der Waals surface area contributed by atoms with E-state index >= 15 is 0 Å². The largest absolute Gasteiger partial charge is 0.497 e. The molecule has 1 aromatic heterocycles. The van der Waals surface area contributed by atoms with Gasteiger partial charge in [-0.15, -0.1) is 0 Å². The highest BCUT2D eigenvalue weighted by Gasteiger charge is 2.11. The first-order chi connectivity index (χ1) is 13.6. The topological polar surface area (TPSA) is 86.5 Å². The first-order valence-corrected chi connectivity index (χ1v) is 8.69. The number of nitrogens with zero attached hydrogens (tertiary/aromatic N) is 2. The molecule has 3 aromatic rings. The Balaban J connectivity index is 1.49. The lowest BCUT2D eigenvalue weighted by atomic mass is 10.2. The van der Waals surface area contributed by atoms with Crippen LogP contribution in [-0.2, 0) is 11.2 Å². The second-order valence-corrected chi connectivity index (χ2v) is 5.99. The molecule has 0 aliphatic rings. The molecule has 28 heavy (non-hydrogen) atoms. The van der Waals surface area contributed by atoms with Gasteiger partial charge in [-0.3, -0.25) is 4.79 Å². The number of benzene rings is 2. The van der Waals surface area contributed by atoms with E-state index in [1.165, 1.54) is 19.2 Å². The molecular formula is C20H20FN3O4. The molecule has 146 valence electrons. The Bertz CT molecular complexity index is 941. The van der Waals surface area contributed by atoms with Crippen LogP contribution in [0.4, 0.5) is 10.1 Å². The van der Waals surface area contributed by atoms with Crippen LogP contribution in [-0.4, -0.2) is 30.3 Å². The van der Waals surface area contributed by atoms with E-state index in [4.69, 9.17) is 14.0 Å². The Morgan fingerprint density at radius 2 is 1.93 bits per heavy atom. The third-order valence-electron chi connectivity index (χ3n) is 4.05. The van der Waals surface area contributed by atoms with E-state index in [1.54, 1.807) is 13.2 Å². The summed E-state index contributed by atoms with van der Waals surface area (Å²) >= 11 is 0. The van der Waals surface area contributed by atoms with Gasteiger partial charge in [0.25, 0.3) is 0 Å². The molecule has 0 saturated carbocycles. The summed E-state index contributed by atoms with van der Waals surface area (Å²) in [5.41, 5.74) is 1.19. The molecule has 0 bridgehead atoms. The number of carbonyl (C=O) groups is 1. The van der Waals surface area contributed by atoms with E-state index in [0.717, 1.165) is 11.3 Å². The van der Waals surface area contributed by atoms with E-state index in [9.17, 15) is 9.18 Å². The Kier molecular flexibility index (Phi) is 6.21. The van der Waals surface area contributed by atoms with Crippen molar-refractivity contribution < 1.29 is 23.2 Å². The van der Waals surface area contributed by atoms with Crippen LogP contribution in [0.1, 0.15) is 18.7 Å². The number of hydrogen-bond acceptors (Lipinski definition) is 6. The van der Waals surface area contributed by atoms with Crippen LogP contribution in [0.15, 0.2) is 47.0 Å². The van der Waals surface area contributed by atoms with E-state index in [1.807, 2.05) is 24.3 Å². The van der Waals surface area contributed by atoms with Crippen molar-refractivity contribution in [1.82, 2.24) is 10.1 Å². The van der Waals surface area contributed by atoms with Gasteiger partial charge in [-0.2, -0.15) is 4.98 Å². The molecule has 0 aliphatic heterocycles. The number of hydrogen-bond donors (Lipinski definition) is 1. The van der Waals surface area contributed by atoms with Crippen molar-refractivity contribution in [2.24, 2.45) is 0 Å². The van der Waals surface area contributed by atoms with Crippen molar-refractivity contribution in [3.8, 4) is 22.9 Å². The SMILES string of the molecule is COc1ccc(-c2noc(CCCC(=O)Nc3ccc(OC)c(F)c3)n2)cc1. The van der Waals surface area contributed by atoms with Crippen molar-refractivity contribution in [1.29, 1.82) is 0 Å². The minimum absolute atomic E-state index is 0.127. The maximum absolute atomic E-state index is 13.6. The molecule has 8 heteroatoms. The monoisotopic (exact) mass is 385 g/mol. The zero-order valence-electron chi connectivity index (χ0n) is 15.6. The third kappa shape index (κ3) is 4.85. The quantitative estimate of drug-likeness (QED) is 0.634. The summed E-state index contributed by atoms with van der Waals surface area (Å²) in [4.78, 5) is 16.3. The zero-order valence-corrected chi connectivity index (χ0v) is 15.6. The fraction of sp³-hybridized carbons (Fsp3) is 0.250. The highest BCUT2D eigenvalue weighted by atomic mass is 19.1. The summed E-state index contributed by atoms with van der Waals surface area (Å²) in [6.45, 7) is 0. The highest BCUT2D eigenvalue weighted by molar-refractivity contribution is 5.90. The molecule has 0 atom stereocenters. The average molecular weight is 385 g/mol. The van der Waals surface area contributed by atoms with Crippen molar-refractivity contribution in [3.05, 3.63) is 54.2 Å². The number of aromatic nitrogens is 2. The van der Waals surface area contributed by atoms with Gasteiger partial charge in [-0.25, -0.2) is 4.39 Å². The number of halogens is 1. The first kappa shape index (κ1) is 19.3. The predicted octanol–water partition coefficient (Wildman–Crippen LogP) is 3.85. The number of amides is 1. The Hall–Kier alpha value is -3.42. The molecule has 0 unspecified atom stereocenters. The number of nitrogens with one attached hydrogen (secondary N) is 1. The van der Waals surface area contributed by atoms with Crippen LogP contribution in [0.25, 0.3) is 11.4 Å². The predicted molar refractivity (Wildman–Crippen MR) is 101 cm³/mol. The van der Waals surface area contributed by atoms with Crippen LogP contribution in [0.3, 0.4) is 0 Å². The van der Waals surface area contributed by atoms with E-state index < -0.39 is 5.82 Å². The summed E-state index contributed by atoms with van der Waals surface area (Å²) in [6, 6.07) is 11.6. The second-order valence-electron chi connectivity index (χ2n) is 5.99. The van der Waals surface area contributed by atoms with Crippen LogP contribution < -0.4 is 14.8 Å².